The highest BCUT2D eigenvalue weighted by atomic mass is 16.1. The fourth-order valence-electron chi connectivity index (χ4n) is 0.556. The van der Waals surface area contributed by atoms with E-state index in [9.17, 15) is 4.79 Å². The van der Waals surface area contributed by atoms with Crippen LogP contribution in [0.25, 0.3) is 0 Å². The smallest absolute Gasteiger partial charge is 0.264 e. The average molecular weight is 149 g/mol. The van der Waals surface area contributed by atoms with E-state index < -0.39 is 0 Å². The van der Waals surface area contributed by atoms with Crippen LogP contribution in [0.4, 0.5) is 0 Å². The SMILES string of the molecule is NCC#Cc1ccc(=O)[nH]n1. The lowest BCUT2D eigenvalue weighted by atomic mass is 10.4. The Morgan fingerprint density at radius 1 is 1.64 bits per heavy atom. The quantitative estimate of drug-likeness (QED) is 0.468. The second kappa shape index (κ2) is 3.54. The minimum absolute atomic E-state index is 0.233. The summed E-state index contributed by atoms with van der Waals surface area (Å²) in [7, 11) is 0. The molecule has 11 heavy (non-hydrogen) atoms. The topological polar surface area (TPSA) is 71.8 Å². The Labute approximate surface area is 63.4 Å². The van der Waals surface area contributed by atoms with Crippen molar-refractivity contribution >= 4 is 0 Å². The van der Waals surface area contributed by atoms with E-state index >= 15 is 0 Å². The monoisotopic (exact) mass is 149 g/mol. The van der Waals surface area contributed by atoms with Crippen LogP contribution in [0.5, 0.6) is 0 Å². The second-order valence-corrected chi connectivity index (χ2v) is 1.81. The molecule has 0 aliphatic rings. The van der Waals surface area contributed by atoms with E-state index in [4.69, 9.17) is 5.73 Å². The molecular weight excluding hydrogens is 142 g/mol. The molecule has 4 nitrogen and oxygen atoms in total. The van der Waals surface area contributed by atoms with Gasteiger partial charge in [0.25, 0.3) is 5.56 Å². The van der Waals surface area contributed by atoms with Gasteiger partial charge in [-0.15, -0.1) is 0 Å². The molecule has 0 spiro atoms. The molecule has 0 atom stereocenters. The number of nitrogens with one attached hydrogen (secondary N) is 1. The molecule has 0 radical (unpaired) electrons. The summed E-state index contributed by atoms with van der Waals surface area (Å²) in [6.45, 7) is 0.292. The molecule has 0 fully saturated rings. The first kappa shape index (κ1) is 7.51. The number of aromatic amines is 1. The molecular formula is C7H7N3O. The Morgan fingerprint density at radius 2 is 2.45 bits per heavy atom. The third-order valence-electron chi connectivity index (χ3n) is 0.998. The van der Waals surface area contributed by atoms with E-state index in [-0.39, 0.29) is 5.56 Å². The molecule has 0 bridgehead atoms. The lowest BCUT2D eigenvalue weighted by molar-refractivity contribution is 0.974. The van der Waals surface area contributed by atoms with Crippen LogP contribution in [0.2, 0.25) is 0 Å². The number of nitrogens with zero attached hydrogens (tertiary/aromatic N) is 1. The van der Waals surface area contributed by atoms with Crippen molar-refractivity contribution < 1.29 is 0 Å². The van der Waals surface area contributed by atoms with Crippen LogP contribution in [-0.2, 0) is 0 Å². The summed E-state index contributed by atoms with van der Waals surface area (Å²) in [5.74, 6) is 5.29. The van der Waals surface area contributed by atoms with Gasteiger partial charge >= 0.3 is 0 Å². The van der Waals surface area contributed by atoms with Gasteiger partial charge in [-0.2, -0.15) is 5.10 Å². The fraction of sp³-hybridized carbons (Fsp3) is 0.143. The normalized spacial score (nSPS) is 8.45. The summed E-state index contributed by atoms with van der Waals surface area (Å²) in [5.41, 5.74) is 5.42. The van der Waals surface area contributed by atoms with Crippen LogP contribution >= 0.6 is 0 Å². The van der Waals surface area contributed by atoms with Crippen LogP contribution in [0.1, 0.15) is 5.69 Å². The third kappa shape index (κ3) is 2.24. The molecule has 0 aliphatic heterocycles. The average Bonchev–Trinajstić information content (AvgIpc) is 2.04. The fourth-order valence-corrected chi connectivity index (χ4v) is 0.556. The van der Waals surface area contributed by atoms with Gasteiger partial charge < -0.3 is 5.73 Å². The van der Waals surface area contributed by atoms with Gasteiger partial charge in [0.15, 0.2) is 0 Å². The molecule has 0 aromatic carbocycles. The van der Waals surface area contributed by atoms with Crippen molar-refractivity contribution in [2.45, 2.75) is 0 Å². The molecule has 1 aromatic rings. The Kier molecular flexibility index (Phi) is 2.42. The predicted octanol–water partition coefficient (Wildman–Crippen LogP) is -0.920. The van der Waals surface area contributed by atoms with Crippen molar-refractivity contribution in [1.82, 2.24) is 10.2 Å². The maximum atomic E-state index is 10.5. The van der Waals surface area contributed by atoms with E-state index in [1.165, 1.54) is 6.07 Å². The van der Waals surface area contributed by atoms with Crippen LogP contribution in [0, 0.1) is 11.8 Å². The molecule has 0 saturated heterocycles. The van der Waals surface area contributed by atoms with Gasteiger partial charge in [0.1, 0.15) is 5.69 Å². The van der Waals surface area contributed by atoms with Gasteiger partial charge in [0.05, 0.1) is 6.54 Å². The summed E-state index contributed by atoms with van der Waals surface area (Å²) in [6, 6.07) is 2.91. The zero-order valence-electron chi connectivity index (χ0n) is 5.79. The Bertz CT molecular complexity index is 324. The van der Waals surface area contributed by atoms with Crippen LogP contribution < -0.4 is 11.3 Å². The highest BCUT2D eigenvalue weighted by Gasteiger charge is 1.85. The first-order valence-corrected chi connectivity index (χ1v) is 3.07. The van der Waals surface area contributed by atoms with Gasteiger partial charge in [0, 0.05) is 6.07 Å². The van der Waals surface area contributed by atoms with Gasteiger partial charge in [0.2, 0.25) is 0 Å². The van der Waals surface area contributed by atoms with E-state index in [1.54, 1.807) is 6.07 Å². The zero-order chi connectivity index (χ0) is 8.10. The van der Waals surface area contributed by atoms with E-state index in [2.05, 4.69) is 22.0 Å². The number of aromatic nitrogens is 2. The number of hydrogen-bond donors (Lipinski definition) is 2. The Balaban J connectivity index is 2.90. The lowest BCUT2D eigenvalue weighted by Gasteiger charge is -1.84. The highest BCUT2D eigenvalue weighted by molar-refractivity contribution is 5.25. The summed E-state index contributed by atoms with van der Waals surface area (Å²) < 4.78 is 0. The second-order valence-electron chi connectivity index (χ2n) is 1.81. The number of rotatable bonds is 0. The van der Waals surface area contributed by atoms with Gasteiger partial charge in [-0.05, 0) is 12.0 Å². The summed E-state index contributed by atoms with van der Waals surface area (Å²) >= 11 is 0. The van der Waals surface area contributed by atoms with Crippen molar-refractivity contribution in [3.05, 3.63) is 28.2 Å². The number of nitrogens with two attached hydrogens (primary N) is 1. The highest BCUT2D eigenvalue weighted by Crippen LogP contribution is 1.81. The molecule has 4 heteroatoms. The molecule has 1 rings (SSSR count). The van der Waals surface area contributed by atoms with Gasteiger partial charge in [-0.25, -0.2) is 5.10 Å². The maximum absolute atomic E-state index is 10.5. The minimum atomic E-state index is -0.233. The van der Waals surface area contributed by atoms with Crippen molar-refractivity contribution in [2.75, 3.05) is 6.54 Å². The van der Waals surface area contributed by atoms with Gasteiger partial charge in [-0.1, -0.05) is 5.92 Å². The molecule has 3 N–H and O–H groups in total. The summed E-state index contributed by atoms with van der Waals surface area (Å²) in [4.78, 5) is 10.5. The minimum Gasteiger partial charge on any atom is -0.320 e. The zero-order valence-corrected chi connectivity index (χ0v) is 5.79. The third-order valence-corrected chi connectivity index (χ3v) is 0.998. The number of H-pyrrole nitrogens is 1. The van der Waals surface area contributed by atoms with Crippen LogP contribution in [-0.4, -0.2) is 16.7 Å². The maximum Gasteiger partial charge on any atom is 0.264 e. The Morgan fingerprint density at radius 3 is 3.00 bits per heavy atom. The largest absolute Gasteiger partial charge is 0.320 e. The molecule has 56 valence electrons. The molecule has 1 heterocycles. The van der Waals surface area contributed by atoms with Gasteiger partial charge in [-0.3, -0.25) is 4.79 Å². The predicted molar refractivity (Wildman–Crippen MR) is 40.8 cm³/mol. The standard InChI is InChI=1S/C7H7N3O/c8-5-1-2-6-3-4-7(11)10-9-6/h3-4H,5,8H2,(H,10,11). The summed E-state index contributed by atoms with van der Waals surface area (Å²) in [6.07, 6.45) is 0. The van der Waals surface area contributed by atoms with Crippen molar-refractivity contribution in [3.63, 3.8) is 0 Å². The van der Waals surface area contributed by atoms with E-state index in [0.29, 0.717) is 12.2 Å². The van der Waals surface area contributed by atoms with Crippen molar-refractivity contribution in [3.8, 4) is 11.8 Å². The van der Waals surface area contributed by atoms with E-state index in [0.717, 1.165) is 0 Å². The molecule has 0 unspecified atom stereocenters. The number of hydrogen-bond acceptors (Lipinski definition) is 3. The van der Waals surface area contributed by atoms with E-state index in [1.807, 2.05) is 0 Å². The Hall–Kier alpha value is -1.60. The first-order chi connectivity index (χ1) is 5.33. The molecule has 0 saturated carbocycles. The van der Waals surface area contributed by atoms with Crippen LogP contribution in [0.3, 0.4) is 0 Å². The molecule has 1 aromatic heterocycles. The van der Waals surface area contributed by atoms with Crippen LogP contribution in [0.15, 0.2) is 16.9 Å². The molecule has 0 amide bonds. The first-order valence-electron chi connectivity index (χ1n) is 3.07. The lowest BCUT2D eigenvalue weighted by Crippen LogP contribution is -2.06. The van der Waals surface area contributed by atoms with Crippen molar-refractivity contribution in [1.29, 1.82) is 0 Å². The van der Waals surface area contributed by atoms with Crippen molar-refractivity contribution in [2.24, 2.45) is 5.73 Å². The summed E-state index contributed by atoms with van der Waals surface area (Å²) in [5, 5.41) is 5.91. The molecule has 0 aliphatic carbocycles.